The molecule has 0 bridgehead atoms. The number of hydrogen-bond donors (Lipinski definition) is 1. The van der Waals surface area contributed by atoms with Gasteiger partial charge in [0.1, 0.15) is 5.01 Å². The van der Waals surface area contributed by atoms with Gasteiger partial charge in [0.05, 0.1) is 11.7 Å². The molecule has 0 spiro atoms. The summed E-state index contributed by atoms with van der Waals surface area (Å²) in [5, 5.41) is 6.84. The lowest BCUT2D eigenvalue weighted by atomic mass is 10.2. The van der Waals surface area contributed by atoms with E-state index in [0.717, 1.165) is 32.6 Å². The number of aromatic nitrogens is 1. The van der Waals surface area contributed by atoms with E-state index in [-0.39, 0.29) is 0 Å². The van der Waals surface area contributed by atoms with Gasteiger partial charge in [-0.1, -0.05) is 6.92 Å². The normalized spacial score (nSPS) is 20.4. The lowest BCUT2D eigenvalue weighted by Gasteiger charge is -2.31. The average Bonchev–Trinajstić information content (AvgIpc) is 2.78. The van der Waals surface area contributed by atoms with Crippen LogP contribution in [0.15, 0.2) is 5.38 Å². The average molecular weight is 225 g/mol. The van der Waals surface area contributed by atoms with Crippen molar-refractivity contribution in [1.82, 2.24) is 15.2 Å². The van der Waals surface area contributed by atoms with Gasteiger partial charge in [-0.3, -0.25) is 4.90 Å². The Kier molecular flexibility index (Phi) is 3.72. The highest BCUT2D eigenvalue weighted by molar-refractivity contribution is 7.09. The van der Waals surface area contributed by atoms with Crippen LogP contribution in [0.5, 0.6) is 0 Å². The van der Waals surface area contributed by atoms with Crippen molar-refractivity contribution in [2.24, 2.45) is 0 Å². The number of nitrogens with one attached hydrogen (secondary N) is 1. The van der Waals surface area contributed by atoms with Crippen LogP contribution in [0.25, 0.3) is 0 Å². The third kappa shape index (κ3) is 2.56. The number of thiazole rings is 1. The molecule has 1 unspecified atom stereocenters. The minimum absolute atomic E-state index is 0.484. The van der Waals surface area contributed by atoms with Crippen LogP contribution in [0.1, 0.15) is 30.6 Å². The molecule has 0 aliphatic carbocycles. The zero-order valence-electron chi connectivity index (χ0n) is 9.49. The molecule has 2 rings (SSSR count). The highest BCUT2D eigenvalue weighted by atomic mass is 32.1. The van der Waals surface area contributed by atoms with Crippen LogP contribution >= 0.6 is 11.3 Å². The molecule has 1 aromatic rings. The first-order chi connectivity index (χ1) is 7.31. The summed E-state index contributed by atoms with van der Waals surface area (Å²) < 4.78 is 0. The van der Waals surface area contributed by atoms with Crippen LogP contribution < -0.4 is 5.32 Å². The zero-order valence-corrected chi connectivity index (χ0v) is 10.3. The quantitative estimate of drug-likeness (QED) is 0.848. The summed E-state index contributed by atoms with van der Waals surface area (Å²) in [7, 11) is 0. The smallest absolute Gasteiger partial charge is 0.110 e. The predicted octanol–water partition coefficient (Wildman–Crippen LogP) is 1.67. The first-order valence-electron chi connectivity index (χ1n) is 5.70. The number of hydrogen-bond acceptors (Lipinski definition) is 4. The molecular formula is C11H19N3S. The molecule has 0 amide bonds. The van der Waals surface area contributed by atoms with E-state index < -0.39 is 0 Å². The van der Waals surface area contributed by atoms with E-state index in [1.54, 1.807) is 11.3 Å². The molecule has 3 nitrogen and oxygen atoms in total. The number of nitrogens with zero attached hydrogens (tertiary/aromatic N) is 2. The molecule has 4 heteroatoms. The van der Waals surface area contributed by atoms with Crippen molar-refractivity contribution in [3.8, 4) is 0 Å². The van der Waals surface area contributed by atoms with Crippen LogP contribution in [0.3, 0.4) is 0 Å². The van der Waals surface area contributed by atoms with E-state index >= 15 is 0 Å². The number of rotatable bonds is 3. The topological polar surface area (TPSA) is 28.2 Å². The van der Waals surface area contributed by atoms with E-state index in [1.807, 2.05) is 0 Å². The number of aryl methyl sites for hydroxylation is 1. The molecule has 2 heterocycles. The van der Waals surface area contributed by atoms with Gasteiger partial charge >= 0.3 is 0 Å². The molecule has 0 aromatic carbocycles. The van der Waals surface area contributed by atoms with Gasteiger partial charge in [0.25, 0.3) is 0 Å². The largest absolute Gasteiger partial charge is 0.314 e. The number of piperazine rings is 1. The maximum atomic E-state index is 4.66. The molecule has 0 radical (unpaired) electrons. The van der Waals surface area contributed by atoms with Crippen molar-refractivity contribution in [3.05, 3.63) is 16.1 Å². The summed E-state index contributed by atoms with van der Waals surface area (Å²) in [5.41, 5.74) is 1.23. The Morgan fingerprint density at radius 2 is 2.27 bits per heavy atom. The molecular weight excluding hydrogens is 206 g/mol. The lowest BCUT2D eigenvalue weighted by Crippen LogP contribution is -2.44. The molecule has 0 saturated carbocycles. The second kappa shape index (κ2) is 5.05. The first kappa shape index (κ1) is 11.0. The molecule has 15 heavy (non-hydrogen) atoms. The fourth-order valence-electron chi connectivity index (χ4n) is 1.90. The van der Waals surface area contributed by atoms with E-state index in [4.69, 9.17) is 0 Å². The molecule has 1 fully saturated rings. The van der Waals surface area contributed by atoms with Gasteiger partial charge in [-0.2, -0.15) is 0 Å². The summed E-state index contributed by atoms with van der Waals surface area (Å²) in [6, 6.07) is 0.484. The Bertz CT molecular complexity index is 305. The third-order valence-electron chi connectivity index (χ3n) is 2.99. The van der Waals surface area contributed by atoms with Crippen molar-refractivity contribution in [2.75, 3.05) is 26.2 Å². The van der Waals surface area contributed by atoms with Gasteiger partial charge in [0.15, 0.2) is 0 Å². The lowest BCUT2D eigenvalue weighted by molar-refractivity contribution is 0.185. The Balaban J connectivity index is 2.02. The van der Waals surface area contributed by atoms with Crippen LogP contribution in [0.4, 0.5) is 0 Å². The summed E-state index contributed by atoms with van der Waals surface area (Å²) in [4.78, 5) is 7.17. The van der Waals surface area contributed by atoms with Gasteiger partial charge in [0.2, 0.25) is 0 Å². The van der Waals surface area contributed by atoms with Crippen molar-refractivity contribution >= 4 is 11.3 Å². The minimum Gasteiger partial charge on any atom is -0.314 e. The van der Waals surface area contributed by atoms with Crippen molar-refractivity contribution < 1.29 is 0 Å². The molecule has 1 aromatic heterocycles. The molecule has 1 N–H and O–H groups in total. The first-order valence-corrected chi connectivity index (χ1v) is 6.58. The van der Waals surface area contributed by atoms with Crippen LogP contribution in [-0.2, 0) is 6.42 Å². The second-order valence-electron chi connectivity index (χ2n) is 3.99. The summed E-state index contributed by atoms with van der Waals surface area (Å²) in [6.07, 6.45) is 1.05. The predicted molar refractivity (Wildman–Crippen MR) is 64.3 cm³/mol. The molecule has 1 saturated heterocycles. The van der Waals surface area contributed by atoms with Gasteiger partial charge < -0.3 is 5.32 Å². The molecule has 84 valence electrons. The minimum atomic E-state index is 0.484. The van der Waals surface area contributed by atoms with Gasteiger partial charge in [-0.25, -0.2) is 4.98 Å². The Morgan fingerprint density at radius 1 is 1.53 bits per heavy atom. The fourth-order valence-corrected chi connectivity index (χ4v) is 2.89. The monoisotopic (exact) mass is 225 g/mol. The highest BCUT2D eigenvalue weighted by Gasteiger charge is 2.20. The SMILES string of the molecule is CCc1csc(C(C)N2CCNCC2)n1. The zero-order chi connectivity index (χ0) is 10.7. The fraction of sp³-hybridized carbons (Fsp3) is 0.727. The maximum absolute atomic E-state index is 4.66. The molecule has 1 aliphatic rings. The standard InChI is InChI=1S/C11H19N3S/c1-3-10-8-15-11(13-10)9(2)14-6-4-12-5-7-14/h8-9,12H,3-7H2,1-2H3. The third-order valence-corrected chi connectivity index (χ3v) is 4.05. The van der Waals surface area contributed by atoms with Crippen molar-refractivity contribution in [3.63, 3.8) is 0 Å². The van der Waals surface area contributed by atoms with Crippen molar-refractivity contribution in [2.45, 2.75) is 26.3 Å². The Hall–Kier alpha value is -0.450. The molecule has 1 atom stereocenters. The summed E-state index contributed by atoms with van der Waals surface area (Å²) in [5.74, 6) is 0. The van der Waals surface area contributed by atoms with Crippen LogP contribution in [0, 0.1) is 0 Å². The van der Waals surface area contributed by atoms with E-state index in [0.29, 0.717) is 6.04 Å². The van der Waals surface area contributed by atoms with Crippen molar-refractivity contribution in [1.29, 1.82) is 0 Å². The summed E-state index contributed by atoms with van der Waals surface area (Å²) in [6.45, 7) is 8.93. The second-order valence-corrected chi connectivity index (χ2v) is 4.88. The van der Waals surface area contributed by atoms with Gasteiger partial charge in [-0.15, -0.1) is 11.3 Å². The van der Waals surface area contributed by atoms with E-state index in [9.17, 15) is 0 Å². The van der Waals surface area contributed by atoms with Gasteiger partial charge in [-0.05, 0) is 13.3 Å². The Morgan fingerprint density at radius 3 is 2.87 bits per heavy atom. The van der Waals surface area contributed by atoms with E-state index in [1.165, 1.54) is 10.7 Å². The van der Waals surface area contributed by atoms with E-state index in [2.05, 4.69) is 34.4 Å². The van der Waals surface area contributed by atoms with Crippen LogP contribution in [-0.4, -0.2) is 36.1 Å². The molecule has 1 aliphatic heterocycles. The summed E-state index contributed by atoms with van der Waals surface area (Å²) >= 11 is 1.80. The Labute approximate surface area is 95.5 Å². The highest BCUT2D eigenvalue weighted by Crippen LogP contribution is 2.23. The maximum Gasteiger partial charge on any atom is 0.110 e. The van der Waals surface area contributed by atoms with Gasteiger partial charge in [0, 0.05) is 31.6 Å². The van der Waals surface area contributed by atoms with Crippen LogP contribution in [0.2, 0.25) is 0 Å².